The van der Waals surface area contributed by atoms with Crippen molar-refractivity contribution < 1.29 is 4.42 Å². The van der Waals surface area contributed by atoms with Gasteiger partial charge in [-0.2, -0.15) is 0 Å². The van der Waals surface area contributed by atoms with Gasteiger partial charge in [-0.1, -0.05) is 90.7 Å². The van der Waals surface area contributed by atoms with Gasteiger partial charge in [-0.25, -0.2) is 4.98 Å². The topological polar surface area (TPSA) is 26.0 Å². The summed E-state index contributed by atoms with van der Waals surface area (Å²) in [5, 5.41) is 0. The molecule has 0 bridgehead atoms. The highest BCUT2D eigenvalue weighted by Crippen LogP contribution is 2.28. The van der Waals surface area contributed by atoms with Gasteiger partial charge in [0, 0.05) is 5.57 Å². The summed E-state index contributed by atoms with van der Waals surface area (Å²) in [6.07, 6.45) is 17.8. The van der Waals surface area contributed by atoms with Crippen molar-refractivity contribution in [3.05, 3.63) is 67.0 Å². The van der Waals surface area contributed by atoms with E-state index in [0.29, 0.717) is 0 Å². The van der Waals surface area contributed by atoms with Gasteiger partial charge in [0.1, 0.15) is 5.69 Å². The first kappa shape index (κ1) is 24.2. The molecule has 1 aromatic rings. The zero-order chi connectivity index (χ0) is 18.8. The van der Waals surface area contributed by atoms with Crippen LogP contribution < -0.4 is 0 Å². The third kappa shape index (κ3) is 7.96. The summed E-state index contributed by atoms with van der Waals surface area (Å²) in [6, 6.07) is 0. The average molecular weight is 330 g/mol. The fourth-order valence-electron chi connectivity index (χ4n) is 1.88. The highest BCUT2D eigenvalue weighted by atomic mass is 16.3. The maximum absolute atomic E-state index is 5.51. The van der Waals surface area contributed by atoms with Crippen LogP contribution in [0, 0.1) is 0 Å². The molecule has 1 heterocycles. The Morgan fingerprint density at radius 2 is 1.79 bits per heavy atom. The fraction of sp³-hybridized carbons (Fsp3) is 0.409. The first-order valence-electron chi connectivity index (χ1n) is 9.13. The maximum atomic E-state index is 5.51. The summed E-state index contributed by atoms with van der Waals surface area (Å²) in [5.41, 5.74) is 2.96. The summed E-state index contributed by atoms with van der Waals surface area (Å²) in [4.78, 5) is 4.32. The standard InChI is InChI=1S/C16H17NO.3C2H6/c1-3-5-9-13(4-2)16-15(17-12-18-16)14-10-7-6-8-11-14;3*1-2/h3-5,7,9-12H,2,6,8H2,1H3;3*1-2H3/b5-3-,13-9+;;;. The van der Waals surface area contributed by atoms with E-state index in [2.05, 4.69) is 29.8 Å². The van der Waals surface area contributed by atoms with Crippen LogP contribution in [0.25, 0.3) is 11.1 Å². The normalized spacial score (nSPS) is 12.8. The van der Waals surface area contributed by atoms with Gasteiger partial charge in [0.15, 0.2) is 12.2 Å². The van der Waals surface area contributed by atoms with E-state index in [1.165, 1.54) is 6.39 Å². The van der Waals surface area contributed by atoms with Gasteiger partial charge >= 0.3 is 0 Å². The average Bonchev–Trinajstić information content (AvgIpc) is 3.18. The van der Waals surface area contributed by atoms with Crippen molar-refractivity contribution in [1.82, 2.24) is 4.98 Å². The smallest absolute Gasteiger partial charge is 0.182 e. The first-order chi connectivity index (χ1) is 11.9. The van der Waals surface area contributed by atoms with Crippen molar-refractivity contribution in [2.24, 2.45) is 0 Å². The van der Waals surface area contributed by atoms with Gasteiger partial charge in [0.2, 0.25) is 0 Å². The van der Waals surface area contributed by atoms with Crippen molar-refractivity contribution >= 4 is 11.1 Å². The molecule has 0 amide bonds. The largest absolute Gasteiger partial charge is 0.443 e. The zero-order valence-corrected chi connectivity index (χ0v) is 16.6. The van der Waals surface area contributed by atoms with Crippen molar-refractivity contribution in [3.8, 4) is 0 Å². The van der Waals surface area contributed by atoms with Crippen LogP contribution in [0.4, 0.5) is 0 Å². The summed E-state index contributed by atoms with van der Waals surface area (Å²) in [6.45, 7) is 17.8. The molecule has 1 aliphatic rings. The molecule has 0 spiro atoms. The van der Waals surface area contributed by atoms with Crippen molar-refractivity contribution in [2.75, 3.05) is 0 Å². The van der Waals surface area contributed by atoms with E-state index in [1.54, 1.807) is 6.08 Å². The molecule has 1 aromatic heterocycles. The second kappa shape index (κ2) is 17.3. The van der Waals surface area contributed by atoms with Crippen molar-refractivity contribution in [3.63, 3.8) is 0 Å². The van der Waals surface area contributed by atoms with E-state index in [1.807, 2.05) is 66.7 Å². The molecule has 2 heteroatoms. The molecule has 0 unspecified atom stereocenters. The predicted molar refractivity (Wildman–Crippen MR) is 110 cm³/mol. The SMILES string of the molecule is C=C/C(=C\C=C/C)c1ocnc1C1=CCCC=C1.CC.CC.CC. The lowest BCUT2D eigenvalue weighted by atomic mass is 10.0. The number of rotatable bonds is 4. The minimum absolute atomic E-state index is 0.779. The Bertz CT molecular complexity index is 542. The Balaban J connectivity index is 0. The summed E-state index contributed by atoms with van der Waals surface area (Å²) in [7, 11) is 0. The van der Waals surface area contributed by atoms with Gasteiger partial charge in [-0.05, 0) is 25.3 Å². The maximum Gasteiger partial charge on any atom is 0.182 e. The highest BCUT2D eigenvalue weighted by molar-refractivity contribution is 5.83. The summed E-state index contributed by atoms with van der Waals surface area (Å²) in [5.74, 6) is 0.779. The molecule has 2 rings (SSSR count). The Morgan fingerprint density at radius 3 is 2.29 bits per heavy atom. The van der Waals surface area contributed by atoms with Crippen molar-refractivity contribution in [1.29, 1.82) is 0 Å². The Morgan fingerprint density at radius 1 is 1.12 bits per heavy atom. The van der Waals surface area contributed by atoms with Crippen LogP contribution in [0.1, 0.15) is 72.8 Å². The second-order valence-electron chi connectivity index (χ2n) is 4.02. The monoisotopic (exact) mass is 329 g/mol. The van der Waals surface area contributed by atoms with Gasteiger partial charge in [0.05, 0.1) is 0 Å². The van der Waals surface area contributed by atoms with Crippen molar-refractivity contribution in [2.45, 2.75) is 61.3 Å². The number of hydrogen-bond acceptors (Lipinski definition) is 2. The number of hydrogen-bond donors (Lipinski definition) is 0. The van der Waals surface area contributed by atoms with Crippen LogP contribution in [0.2, 0.25) is 0 Å². The number of oxazole rings is 1. The van der Waals surface area contributed by atoms with E-state index in [9.17, 15) is 0 Å². The molecule has 0 atom stereocenters. The molecule has 0 saturated carbocycles. The molecule has 24 heavy (non-hydrogen) atoms. The van der Waals surface area contributed by atoms with E-state index in [-0.39, 0.29) is 0 Å². The lowest BCUT2D eigenvalue weighted by Crippen LogP contribution is -1.91. The molecule has 0 aliphatic heterocycles. The van der Waals surface area contributed by atoms with Gasteiger partial charge in [-0.15, -0.1) is 0 Å². The number of allylic oxidation sites excluding steroid dienone is 9. The fourth-order valence-corrected chi connectivity index (χ4v) is 1.88. The summed E-state index contributed by atoms with van der Waals surface area (Å²) >= 11 is 0. The molecule has 0 radical (unpaired) electrons. The van der Waals surface area contributed by atoms with Crippen LogP contribution >= 0.6 is 0 Å². The molecule has 1 aliphatic carbocycles. The molecule has 0 N–H and O–H groups in total. The first-order valence-corrected chi connectivity index (χ1v) is 9.13. The second-order valence-corrected chi connectivity index (χ2v) is 4.02. The van der Waals surface area contributed by atoms with Crippen LogP contribution in [0.15, 0.2) is 59.9 Å². The Hall–Kier alpha value is -2.09. The molecule has 0 fully saturated rings. The third-order valence-electron chi connectivity index (χ3n) is 2.79. The van der Waals surface area contributed by atoms with E-state index in [0.717, 1.165) is 35.4 Å². The predicted octanol–water partition coefficient (Wildman–Crippen LogP) is 7.63. The van der Waals surface area contributed by atoms with E-state index < -0.39 is 0 Å². The lowest BCUT2D eigenvalue weighted by molar-refractivity contribution is 0.545. The molecular weight excluding hydrogens is 294 g/mol. The van der Waals surface area contributed by atoms with Crippen LogP contribution in [0.3, 0.4) is 0 Å². The van der Waals surface area contributed by atoms with Gasteiger partial charge in [0.25, 0.3) is 0 Å². The minimum Gasteiger partial charge on any atom is -0.443 e. The van der Waals surface area contributed by atoms with Gasteiger partial charge in [-0.3, -0.25) is 0 Å². The molecule has 134 valence electrons. The molecule has 0 saturated heterocycles. The molecular formula is C22H35NO. The third-order valence-corrected chi connectivity index (χ3v) is 2.79. The number of nitrogens with zero attached hydrogens (tertiary/aromatic N) is 1. The number of aromatic nitrogens is 1. The highest BCUT2D eigenvalue weighted by Gasteiger charge is 2.14. The Kier molecular flexibility index (Phi) is 17.4. The van der Waals surface area contributed by atoms with E-state index in [4.69, 9.17) is 4.42 Å². The van der Waals surface area contributed by atoms with Gasteiger partial charge < -0.3 is 4.42 Å². The molecule has 2 nitrogen and oxygen atoms in total. The quantitative estimate of drug-likeness (QED) is 0.531. The minimum atomic E-state index is 0.779. The summed E-state index contributed by atoms with van der Waals surface area (Å²) < 4.78 is 5.51. The Labute approximate surface area is 149 Å². The van der Waals surface area contributed by atoms with Crippen LogP contribution in [-0.2, 0) is 0 Å². The van der Waals surface area contributed by atoms with Crippen LogP contribution in [-0.4, -0.2) is 4.98 Å². The molecule has 0 aromatic carbocycles. The lowest BCUT2D eigenvalue weighted by Gasteiger charge is -2.06. The van der Waals surface area contributed by atoms with Crippen LogP contribution in [0.5, 0.6) is 0 Å². The zero-order valence-electron chi connectivity index (χ0n) is 16.6. The van der Waals surface area contributed by atoms with E-state index >= 15 is 0 Å².